The van der Waals surface area contributed by atoms with Crippen LogP contribution in [0.3, 0.4) is 0 Å². The number of carbonyl (C=O) groups excluding carboxylic acids is 2. The average molecular weight is 399 g/mol. The molecular formula is C19H21N5O3S. The lowest BCUT2D eigenvalue weighted by Gasteiger charge is -2.17. The molecule has 0 atom stereocenters. The Kier molecular flexibility index (Phi) is 6.49. The lowest BCUT2D eigenvalue weighted by Crippen LogP contribution is -2.28. The topological polar surface area (TPSA) is 107 Å². The maximum absolute atomic E-state index is 12.5. The highest BCUT2D eigenvalue weighted by molar-refractivity contribution is 7.99. The van der Waals surface area contributed by atoms with Crippen molar-refractivity contribution in [3.63, 3.8) is 0 Å². The molecule has 28 heavy (non-hydrogen) atoms. The first-order chi connectivity index (χ1) is 13.5. The number of para-hydroxylation sites is 1. The highest BCUT2D eigenvalue weighted by atomic mass is 32.2. The monoisotopic (exact) mass is 399 g/mol. The van der Waals surface area contributed by atoms with Gasteiger partial charge in [0.1, 0.15) is 11.6 Å². The van der Waals surface area contributed by atoms with E-state index in [-0.39, 0.29) is 18.1 Å². The van der Waals surface area contributed by atoms with Crippen LogP contribution in [0.1, 0.15) is 18.0 Å². The molecule has 8 nitrogen and oxygen atoms in total. The number of hydrogen-bond acceptors (Lipinski definition) is 6. The molecule has 0 fully saturated rings. The average Bonchev–Trinajstić information content (AvgIpc) is 3.35. The number of amides is 2. The minimum absolute atomic E-state index is 0.0533. The molecule has 3 aromatic rings. The molecule has 2 heterocycles. The van der Waals surface area contributed by atoms with Crippen LogP contribution >= 0.6 is 11.8 Å². The second-order valence-electron chi connectivity index (χ2n) is 6.11. The fourth-order valence-corrected chi connectivity index (χ4v) is 3.45. The largest absolute Gasteiger partial charge is 0.467 e. The summed E-state index contributed by atoms with van der Waals surface area (Å²) in [5.74, 6) is 1.11. The highest BCUT2D eigenvalue weighted by Gasteiger charge is 2.18. The predicted molar refractivity (Wildman–Crippen MR) is 106 cm³/mol. The van der Waals surface area contributed by atoms with E-state index in [2.05, 4.69) is 10.2 Å². The molecule has 2 aromatic heterocycles. The van der Waals surface area contributed by atoms with Gasteiger partial charge in [-0.3, -0.25) is 14.2 Å². The van der Waals surface area contributed by atoms with Gasteiger partial charge in [0.05, 0.1) is 18.6 Å². The fourth-order valence-electron chi connectivity index (χ4n) is 2.58. The van der Waals surface area contributed by atoms with Gasteiger partial charge in [-0.15, -0.1) is 10.2 Å². The van der Waals surface area contributed by atoms with Crippen LogP contribution in [0.15, 0.2) is 58.3 Å². The molecule has 0 aliphatic carbocycles. The van der Waals surface area contributed by atoms with E-state index in [4.69, 9.17) is 10.2 Å². The summed E-state index contributed by atoms with van der Waals surface area (Å²) >= 11 is 1.30. The first-order valence-electron chi connectivity index (χ1n) is 8.71. The van der Waals surface area contributed by atoms with Crippen LogP contribution in [0.4, 0.5) is 5.69 Å². The molecule has 9 heteroatoms. The Labute approximate surface area is 166 Å². The van der Waals surface area contributed by atoms with E-state index in [1.807, 2.05) is 41.0 Å². The van der Waals surface area contributed by atoms with Crippen LogP contribution in [0, 0.1) is 0 Å². The van der Waals surface area contributed by atoms with Crippen LogP contribution in [0.2, 0.25) is 0 Å². The number of furan rings is 1. The van der Waals surface area contributed by atoms with Gasteiger partial charge < -0.3 is 15.1 Å². The number of rotatable bonds is 9. The molecule has 0 saturated heterocycles. The maximum Gasteiger partial charge on any atom is 0.237 e. The van der Waals surface area contributed by atoms with Crippen molar-refractivity contribution in [2.24, 2.45) is 5.73 Å². The van der Waals surface area contributed by atoms with Crippen molar-refractivity contribution in [1.82, 2.24) is 14.8 Å². The summed E-state index contributed by atoms with van der Waals surface area (Å²) < 4.78 is 7.26. The van der Waals surface area contributed by atoms with E-state index in [0.29, 0.717) is 23.9 Å². The van der Waals surface area contributed by atoms with Crippen molar-refractivity contribution in [3.05, 3.63) is 60.3 Å². The molecule has 0 saturated carbocycles. The highest BCUT2D eigenvalue weighted by Crippen LogP contribution is 2.21. The third-order valence-electron chi connectivity index (χ3n) is 4.12. The molecule has 2 amide bonds. The van der Waals surface area contributed by atoms with Crippen molar-refractivity contribution >= 4 is 29.3 Å². The predicted octanol–water partition coefficient (Wildman–Crippen LogP) is 2.09. The number of nitrogens with zero attached hydrogens (tertiary/aromatic N) is 4. The zero-order valence-electron chi connectivity index (χ0n) is 15.4. The van der Waals surface area contributed by atoms with Crippen molar-refractivity contribution in [1.29, 1.82) is 0 Å². The summed E-state index contributed by atoms with van der Waals surface area (Å²) in [5, 5.41) is 8.95. The second-order valence-corrected chi connectivity index (χ2v) is 7.05. The molecule has 0 aliphatic rings. The normalized spacial score (nSPS) is 10.8. The van der Waals surface area contributed by atoms with Crippen LogP contribution in [-0.2, 0) is 22.6 Å². The van der Waals surface area contributed by atoms with E-state index in [1.54, 1.807) is 24.3 Å². The lowest BCUT2D eigenvalue weighted by atomic mass is 10.3. The molecule has 3 rings (SSSR count). The number of thioether (sulfide) groups is 1. The molecule has 0 spiro atoms. The molecule has 2 N–H and O–H groups in total. The van der Waals surface area contributed by atoms with Gasteiger partial charge in [0.25, 0.3) is 0 Å². The Hall–Kier alpha value is -3.07. The molecule has 0 unspecified atom stereocenters. The zero-order valence-corrected chi connectivity index (χ0v) is 16.3. The Morgan fingerprint density at radius 2 is 1.96 bits per heavy atom. The molecule has 146 valence electrons. The summed E-state index contributed by atoms with van der Waals surface area (Å²) in [6.45, 7) is 0.416. The molecule has 1 aromatic carbocycles. The van der Waals surface area contributed by atoms with Crippen molar-refractivity contribution < 1.29 is 14.0 Å². The van der Waals surface area contributed by atoms with E-state index in [1.165, 1.54) is 11.8 Å². The van der Waals surface area contributed by atoms with Gasteiger partial charge in [0.2, 0.25) is 11.8 Å². The lowest BCUT2D eigenvalue weighted by molar-refractivity contribution is -0.118. The Morgan fingerprint density at radius 1 is 1.18 bits per heavy atom. The standard InChI is InChI=1S/C19H21N5O3S/c1-23(14-6-3-2-4-7-14)18(26)13-28-19-22-21-17(10-9-16(20)25)24(19)12-15-8-5-11-27-15/h2-8,11H,9-10,12-13H2,1H3,(H2,20,25). The van der Waals surface area contributed by atoms with Crippen LogP contribution < -0.4 is 10.6 Å². The van der Waals surface area contributed by atoms with Crippen LogP contribution in [-0.4, -0.2) is 39.4 Å². The van der Waals surface area contributed by atoms with Crippen molar-refractivity contribution in [2.45, 2.75) is 24.5 Å². The smallest absolute Gasteiger partial charge is 0.237 e. The van der Waals surface area contributed by atoms with E-state index < -0.39 is 5.91 Å². The molecule has 0 aliphatic heterocycles. The Morgan fingerprint density at radius 3 is 2.64 bits per heavy atom. The zero-order chi connectivity index (χ0) is 19.9. The number of aromatic nitrogens is 3. The van der Waals surface area contributed by atoms with Crippen LogP contribution in [0.5, 0.6) is 0 Å². The molecular weight excluding hydrogens is 378 g/mol. The summed E-state index contributed by atoms with van der Waals surface area (Å²) in [5.41, 5.74) is 6.08. The maximum atomic E-state index is 12.5. The van der Waals surface area contributed by atoms with Crippen molar-refractivity contribution in [3.8, 4) is 0 Å². The summed E-state index contributed by atoms with van der Waals surface area (Å²) in [6, 6.07) is 13.1. The van der Waals surface area contributed by atoms with Gasteiger partial charge in [-0.25, -0.2) is 0 Å². The second kappa shape index (κ2) is 9.23. The van der Waals surface area contributed by atoms with E-state index in [9.17, 15) is 9.59 Å². The quantitative estimate of drug-likeness (QED) is 0.552. The van der Waals surface area contributed by atoms with Gasteiger partial charge in [-0.2, -0.15) is 0 Å². The minimum atomic E-state index is -0.401. The van der Waals surface area contributed by atoms with Crippen molar-refractivity contribution in [2.75, 3.05) is 17.7 Å². The van der Waals surface area contributed by atoms with Gasteiger partial charge in [0.15, 0.2) is 5.16 Å². The number of hydrogen-bond donors (Lipinski definition) is 1. The Balaban J connectivity index is 1.71. The van der Waals surface area contributed by atoms with Gasteiger partial charge in [-0.1, -0.05) is 30.0 Å². The summed E-state index contributed by atoms with van der Waals surface area (Å²) in [4.78, 5) is 25.3. The molecule has 0 radical (unpaired) electrons. The number of anilines is 1. The molecule has 0 bridgehead atoms. The number of carbonyl (C=O) groups is 2. The summed E-state index contributed by atoms with van der Waals surface area (Å²) in [7, 11) is 1.74. The minimum Gasteiger partial charge on any atom is -0.467 e. The van der Waals surface area contributed by atoms with E-state index >= 15 is 0 Å². The van der Waals surface area contributed by atoms with Gasteiger partial charge >= 0.3 is 0 Å². The third kappa shape index (κ3) is 5.01. The first-order valence-corrected chi connectivity index (χ1v) is 9.70. The number of benzene rings is 1. The van der Waals surface area contributed by atoms with Crippen LogP contribution in [0.25, 0.3) is 0 Å². The number of nitrogens with two attached hydrogens (primary N) is 1. The van der Waals surface area contributed by atoms with Gasteiger partial charge in [-0.05, 0) is 24.3 Å². The third-order valence-corrected chi connectivity index (χ3v) is 5.08. The van der Waals surface area contributed by atoms with E-state index in [0.717, 1.165) is 11.4 Å². The Bertz CT molecular complexity index is 924. The fraction of sp³-hybridized carbons (Fsp3) is 0.263. The number of aryl methyl sites for hydroxylation is 1. The SMILES string of the molecule is CN(C(=O)CSc1nnc(CCC(N)=O)n1Cc1ccco1)c1ccccc1. The van der Waals surface area contributed by atoms with Gasteiger partial charge in [0, 0.05) is 25.6 Å². The summed E-state index contributed by atoms with van der Waals surface area (Å²) in [6.07, 6.45) is 2.14. The number of primary amides is 1. The first kappa shape index (κ1) is 19.7.